The van der Waals surface area contributed by atoms with Crippen molar-refractivity contribution in [2.24, 2.45) is 17.4 Å². The molecule has 0 aromatic heterocycles. The van der Waals surface area contributed by atoms with Gasteiger partial charge in [-0.15, -0.1) is 0 Å². The summed E-state index contributed by atoms with van der Waals surface area (Å²) in [5.41, 5.74) is 16.0. The van der Waals surface area contributed by atoms with E-state index in [1.165, 1.54) is 0 Å². The van der Waals surface area contributed by atoms with E-state index in [1.54, 1.807) is 24.3 Å². The molecule has 0 aliphatic heterocycles. The van der Waals surface area contributed by atoms with Crippen molar-refractivity contribution in [1.29, 1.82) is 0 Å². The average molecular weight is 509 g/mol. The van der Waals surface area contributed by atoms with Crippen LogP contribution in [0.3, 0.4) is 0 Å². The fourth-order valence-electron chi connectivity index (χ4n) is 4.10. The molecule has 0 spiro atoms. The van der Waals surface area contributed by atoms with E-state index < -0.39 is 29.6 Å². The lowest BCUT2D eigenvalue weighted by atomic mass is 9.90. The molecule has 7 nitrogen and oxygen atoms in total. The number of aliphatic carboxylic acids is 1. The maximum Gasteiger partial charge on any atom is 0.314 e. The second-order valence-corrected chi connectivity index (χ2v) is 8.96. The van der Waals surface area contributed by atoms with Crippen LogP contribution in [0.5, 0.6) is 5.75 Å². The highest BCUT2D eigenvalue weighted by Crippen LogP contribution is 2.25. The molecule has 7 heteroatoms. The number of benzene rings is 4. The number of carbonyl (C=O) groups excluding carboxylic acids is 2. The van der Waals surface area contributed by atoms with Gasteiger partial charge in [-0.05, 0) is 52.4 Å². The van der Waals surface area contributed by atoms with Crippen LogP contribution in [0.2, 0.25) is 0 Å². The van der Waals surface area contributed by atoms with Crippen LogP contribution >= 0.6 is 0 Å². The van der Waals surface area contributed by atoms with Crippen molar-refractivity contribution in [2.75, 3.05) is 0 Å². The fourth-order valence-corrected chi connectivity index (χ4v) is 4.10. The van der Waals surface area contributed by atoms with Crippen molar-refractivity contribution >= 4 is 17.7 Å². The summed E-state index contributed by atoms with van der Waals surface area (Å²) in [5, 5.41) is 9.44. The molecule has 0 aliphatic rings. The number of amides is 1. The predicted octanol–water partition coefficient (Wildman–Crippen LogP) is 4.69. The third-order valence-corrected chi connectivity index (χ3v) is 6.27. The van der Waals surface area contributed by atoms with Crippen LogP contribution in [0.15, 0.2) is 103 Å². The van der Waals surface area contributed by atoms with Gasteiger partial charge in [0.2, 0.25) is 5.91 Å². The van der Waals surface area contributed by atoms with Gasteiger partial charge in [0.25, 0.3) is 0 Å². The Morgan fingerprint density at radius 1 is 0.737 bits per heavy atom. The Morgan fingerprint density at radius 2 is 1.32 bits per heavy atom. The molecule has 2 atom stereocenters. The Morgan fingerprint density at radius 3 is 1.92 bits per heavy atom. The number of carboxylic acids is 1. The minimum Gasteiger partial charge on any atom is -0.489 e. The molecule has 4 aromatic carbocycles. The minimum absolute atomic E-state index is 0.218. The van der Waals surface area contributed by atoms with Gasteiger partial charge in [-0.2, -0.15) is 0 Å². The summed E-state index contributed by atoms with van der Waals surface area (Å²) in [6, 6.07) is 31.4. The molecule has 192 valence electrons. The molecular weight excluding hydrogens is 480 g/mol. The van der Waals surface area contributed by atoms with E-state index >= 15 is 0 Å². The van der Waals surface area contributed by atoms with Crippen molar-refractivity contribution in [3.8, 4) is 28.0 Å². The molecule has 1 amide bonds. The number of carbonyl (C=O) groups is 3. The van der Waals surface area contributed by atoms with Crippen LogP contribution in [-0.2, 0) is 16.2 Å². The smallest absolute Gasteiger partial charge is 0.314 e. The van der Waals surface area contributed by atoms with Crippen LogP contribution in [0.4, 0.5) is 0 Å². The fraction of sp³-hybridized carbons (Fsp3) is 0.129. The number of hydrogen-bond donors (Lipinski definition) is 3. The number of ether oxygens (including phenoxy) is 1. The molecular formula is C31H28N2O5. The number of Topliss-reactive ketones (excluding diaryl/α,β-unsaturated/α-hetero) is 1. The van der Waals surface area contributed by atoms with Gasteiger partial charge < -0.3 is 21.3 Å². The zero-order chi connectivity index (χ0) is 27.1. The summed E-state index contributed by atoms with van der Waals surface area (Å²) in [6.45, 7) is 0.432. The first-order valence-corrected chi connectivity index (χ1v) is 12.1. The molecule has 1 unspecified atom stereocenters. The van der Waals surface area contributed by atoms with Crippen LogP contribution in [-0.4, -0.2) is 28.8 Å². The van der Waals surface area contributed by atoms with Gasteiger partial charge in [-0.25, -0.2) is 0 Å². The van der Waals surface area contributed by atoms with Crippen molar-refractivity contribution in [3.05, 3.63) is 114 Å². The quantitative estimate of drug-likeness (QED) is 0.199. The summed E-state index contributed by atoms with van der Waals surface area (Å²) in [5.74, 6) is -3.56. The molecule has 38 heavy (non-hydrogen) atoms. The number of nitrogens with two attached hydrogens (primary N) is 2. The van der Waals surface area contributed by atoms with Gasteiger partial charge in [0.1, 0.15) is 18.3 Å². The number of rotatable bonds is 11. The standard InChI is InChI=1S/C31H28N2O5/c32-28(30(33)35)18-27(31(36)37)29(34)24-11-9-22(10-12-24)23-13-15-26(16-14-23)38-19-20-5-4-8-25(17-20)21-6-2-1-3-7-21/h1-17,27-28H,18-19,32H2,(H2,33,35)(H,36,37)/t27?,28-/m0/s1. The number of carboxylic acid groups (broad SMARTS) is 1. The highest BCUT2D eigenvalue weighted by atomic mass is 16.5. The van der Waals surface area contributed by atoms with Crippen molar-refractivity contribution in [3.63, 3.8) is 0 Å². The molecule has 0 heterocycles. The zero-order valence-corrected chi connectivity index (χ0v) is 20.6. The second-order valence-electron chi connectivity index (χ2n) is 8.96. The first-order valence-electron chi connectivity index (χ1n) is 12.1. The lowest BCUT2D eigenvalue weighted by Gasteiger charge is -2.15. The molecule has 0 saturated carbocycles. The summed E-state index contributed by atoms with van der Waals surface area (Å²) in [7, 11) is 0. The largest absolute Gasteiger partial charge is 0.489 e. The van der Waals surface area contributed by atoms with Crippen LogP contribution < -0.4 is 16.2 Å². The first-order chi connectivity index (χ1) is 18.3. The Hall–Kier alpha value is -4.75. The summed E-state index contributed by atoms with van der Waals surface area (Å²) in [4.78, 5) is 35.5. The number of hydrogen-bond acceptors (Lipinski definition) is 5. The van der Waals surface area contributed by atoms with Crippen molar-refractivity contribution in [1.82, 2.24) is 0 Å². The van der Waals surface area contributed by atoms with Gasteiger partial charge in [-0.1, -0.05) is 84.9 Å². The molecule has 0 aliphatic carbocycles. The Bertz CT molecular complexity index is 1420. The minimum atomic E-state index is -1.45. The number of ketones is 1. The van der Waals surface area contributed by atoms with E-state index in [1.807, 2.05) is 54.6 Å². The predicted molar refractivity (Wildman–Crippen MR) is 145 cm³/mol. The van der Waals surface area contributed by atoms with E-state index in [-0.39, 0.29) is 12.0 Å². The topological polar surface area (TPSA) is 133 Å². The third-order valence-electron chi connectivity index (χ3n) is 6.27. The molecule has 0 fully saturated rings. The van der Waals surface area contributed by atoms with Crippen LogP contribution in [0.1, 0.15) is 22.3 Å². The second kappa shape index (κ2) is 12.0. The lowest BCUT2D eigenvalue weighted by Crippen LogP contribution is -2.41. The molecule has 0 bridgehead atoms. The lowest BCUT2D eigenvalue weighted by molar-refractivity contribution is -0.140. The Balaban J connectivity index is 1.39. The highest BCUT2D eigenvalue weighted by molar-refractivity contribution is 6.08. The van der Waals surface area contributed by atoms with Gasteiger partial charge >= 0.3 is 5.97 Å². The monoisotopic (exact) mass is 508 g/mol. The maximum atomic E-state index is 12.7. The van der Waals surface area contributed by atoms with Crippen molar-refractivity contribution < 1.29 is 24.2 Å². The Kier molecular flexibility index (Phi) is 8.30. The SMILES string of the molecule is NC(=O)[C@@H](N)CC(C(=O)O)C(=O)c1ccc(-c2ccc(OCc3cccc(-c4ccccc4)c3)cc2)cc1. The van der Waals surface area contributed by atoms with Gasteiger partial charge in [-0.3, -0.25) is 14.4 Å². The summed E-state index contributed by atoms with van der Waals surface area (Å²) < 4.78 is 5.98. The normalized spacial score (nSPS) is 12.3. The van der Waals surface area contributed by atoms with Crippen LogP contribution in [0, 0.1) is 5.92 Å². The van der Waals surface area contributed by atoms with E-state index in [0.717, 1.165) is 33.6 Å². The number of primary amides is 1. The summed E-state index contributed by atoms with van der Waals surface area (Å²) in [6.07, 6.45) is -0.358. The average Bonchev–Trinajstić information content (AvgIpc) is 2.95. The van der Waals surface area contributed by atoms with Gasteiger partial charge in [0, 0.05) is 5.56 Å². The molecule has 4 rings (SSSR count). The van der Waals surface area contributed by atoms with Gasteiger partial charge in [0.15, 0.2) is 5.78 Å². The molecule has 0 saturated heterocycles. The van der Waals surface area contributed by atoms with E-state index in [0.29, 0.717) is 6.61 Å². The van der Waals surface area contributed by atoms with Crippen LogP contribution in [0.25, 0.3) is 22.3 Å². The Labute approximate surface area is 220 Å². The first kappa shape index (κ1) is 26.3. The van der Waals surface area contributed by atoms with Gasteiger partial charge in [0.05, 0.1) is 6.04 Å². The van der Waals surface area contributed by atoms with Crippen molar-refractivity contribution in [2.45, 2.75) is 19.1 Å². The highest BCUT2D eigenvalue weighted by Gasteiger charge is 2.30. The van der Waals surface area contributed by atoms with E-state index in [2.05, 4.69) is 24.3 Å². The summed E-state index contributed by atoms with van der Waals surface area (Å²) >= 11 is 0. The molecule has 0 radical (unpaired) electrons. The van der Waals surface area contributed by atoms with E-state index in [9.17, 15) is 19.5 Å². The zero-order valence-electron chi connectivity index (χ0n) is 20.6. The van der Waals surface area contributed by atoms with E-state index in [4.69, 9.17) is 16.2 Å². The third kappa shape index (κ3) is 6.52. The maximum absolute atomic E-state index is 12.7. The molecule has 5 N–H and O–H groups in total. The molecule has 4 aromatic rings.